The van der Waals surface area contributed by atoms with Crippen LogP contribution < -0.4 is 10.6 Å². The van der Waals surface area contributed by atoms with E-state index < -0.39 is 5.60 Å². The van der Waals surface area contributed by atoms with Crippen molar-refractivity contribution in [1.29, 1.82) is 0 Å². The van der Waals surface area contributed by atoms with Crippen LogP contribution in [0.15, 0.2) is 24.3 Å². The van der Waals surface area contributed by atoms with E-state index in [0.29, 0.717) is 26.2 Å². The van der Waals surface area contributed by atoms with Crippen LogP contribution in [0.3, 0.4) is 0 Å². The van der Waals surface area contributed by atoms with Crippen molar-refractivity contribution in [2.24, 2.45) is 0 Å². The summed E-state index contributed by atoms with van der Waals surface area (Å²) in [5.74, 6) is -0.226. The van der Waals surface area contributed by atoms with Crippen LogP contribution in [0.1, 0.15) is 23.5 Å². The van der Waals surface area contributed by atoms with E-state index in [1.54, 1.807) is 0 Å². The number of fused-ring (bicyclic) bond motifs is 1. The number of carbonyl (C=O) groups is 1. The summed E-state index contributed by atoms with van der Waals surface area (Å²) in [5, 5.41) is 16.3. The van der Waals surface area contributed by atoms with Crippen LogP contribution in [0.2, 0.25) is 0 Å². The normalized spacial score (nSPS) is 28.9. The van der Waals surface area contributed by atoms with Gasteiger partial charge < -0.3 is 20.5 Å². The first-order chi connectivity index (χ1) is 9.68. The summed E-state index contributed by atoms with van der Waals surface area (Å²) < 4.78 is 5.18. The zero-order chi connectivity index (χ0) is 14.0. The van der Waals surface area contributed by atoms with E-state index in [1.165, 1.54) is 5.56 Å². The smallest absolute Gasteiger partial charge is 0.228 e. The van der Waals surface area contributed by atoms with Crippen LogP contribution in [0.5, 0.6) is 0 Å². The molecule has 1 fully saturated rings. The summed E-state index contributed by atoms with van der Waals surface area (Å²) in [4.78, 5) is 12.4. The first kappa shape index (κ1) is 13.5. The fourth-order valence-corrected chi connectivity index (χ4v) is 2.84. The first-order valence-electron chi connectivity index (χ1n) is 7.04. The standard InChI is InChI=1S/C15H20N2O3/c18-14(17-9-15(19)5-6-20-10-15)13-8-16-7-11-3-1-2-4-12(11)13/h1-4,13,16,19H,5-10H2,(H,17,18). The molecule has 1 aromatic rings. The number of hydrogen-bond donors (Lipinski definition) is 3. The van der Waals surface area contributed by atoms with Crippen molar-refractivity contribution < 1.29 is 14.6 Å². The molecule has 1 amide bonds. The molecule has 108 valence electrons. The lowest BCUT2D eigenvalue weighted by atomic mass is 9.90. The number of aliphatic hydroxyl groups is 1. The van der Waals surface area contributed by atoms with Gasteiger partial charge in [-0.05, 0) is 11.1 Å². The molecule has 2 aliphatic rings. The van der Waals surface area contributed by atoms with Crippen LogP contribution in [0.25, 0.3) is 0 Å². The van der Waals surface area contributed by atoms with Crippen molar-refractivity contribution >= 4 is 5.91 Å². The third kappa shape index (κ3) is 2.70. The SMILES string of the molecule is O=C(NCC1(O)CCOC1)C1CNCc2ccccc21. The maximum absolute atomic E-state index is 12.4. The molecule has 3 rings (SSSR count). The highest BCUT2D eigenvalue weighted by Crippen LogP contribution is 2.24. The lowest BCUT2D eigenvalue weighted by Crippen LogP contribution is -2.46. The fourth-order valence-electron chi connectivity index (χ4n) is 2.84. The highest BCUT2D eigenvalue weighted by atomic mass is 16.5. The van der Waals surface area contributed by atoms with Gasteiger partial charge in [0.25, 0.3) is 0 Å². The van der Waals surface area contributed by atoms with Crippen LogP contribution in [-0.2, 0) is 16.1 Å². The largest absolute Gasteiger partial charge is 0.386 e. The number of ether oxygens (including phenoxy) is 1. The van der Waals surface area contributed by atoms with Gasteiger partial charge in [-0.2, -0.15) is 0 Å². The minimum Gasteiger partial charge on any atom is -0.386 e. The minimum absolute atomic E-state index is 0.0371. The number of amides is 1. The Morgan fingerprint density at radius 1 is 1.50 bits per heavy atom. The molecule has 0 bridgehead atoms. The molecule has 0 saturated carbocycles. The molecular formula is C15H20N2O3. The molecule has 20 heavy (non-hydrogen) atoms. The van der Waals surface area contributed by atoms with Gasteiger partial charge in [-0.15, -0.1) is 0 Å². The quantitative estimate of drug-likeness (QED) is 0.734. The van der Waals surface area contributed by atoms with Gasteiger partial charge >= 0.3 is 0 Å². The molecule has 0 radical (unpaired) electrons. The average molecular weight is 276 g/mol. The number of rotatable bonds is 3. The molecule has 2 heterocycles. The Morgan fingerprint density at radius 2 is 2.35 bits per heavy atom. The second kappa shape index (κ2) is 5.52. The number of benzene rings is 1. The average Bonchev–Trinajstić information content (AvgIpc) is 2.91. The molecule has 5 heteroatoms. The van der Waals surface area contributed by atoms with E-state index in [2.05, 4.69) is 10.6 Å². The van der Waals surface area contributed by atoms with Crippen LogP contribution in [0, 0.1) is 0 Å². The zero-order valence-corrected chi connectivity index (χ0v) is 11.4. The van der Waals surface area contributed by atoms with E-state index in [9.17, 15) is 9.90 Å². The van der Waals surface area contributed by atoms with Gasteiger partial charge in [-0.3, -0.25) is 4.79 Å². The van der Waals surface area contributed by atoms with Crippen LogP contribution in [0.4, 0.5) is 0 Å². The predicted octanol–water partition coefficient (Wildman–Crippen LogP) is 0.141. The molecule has 2 unspecified atom stereocenters. The molecule has 2 atom stereocenters. The van der Waals surface area contributed by atoms with Gasteiger partial charge in [-0.1, -0.05) is 24.3 Å². The highest BCUT2D eigenvalue weighted by molar-refractivity contribution is 5.84. The summed E-state index contributed by atoms with van der Waals surface area (Å²) in [6.45, 7) is 2.55. The van der Waals surface area contributed by atoms with Gasteiger partial charge in [0, 0.05) is 32.7 Å². The number of hydrogen-bond acceptors (Lipinski definition) is 4. The van der Waals surface area contributed by atoms with Crippen molar-refractivity contribution in [1.82, 2.24) is 10.6 Å². The summed E-state index contributed by atoms with van der Waals surface area (Å²) >= 11 is 0. The minimum atomic E-state index is -0.905. The Morgan fingerprint density at radius 3 is 3.15 bits per heavy atom. The van der Waals surface area contributed by atoms with E-state index in [0.717, 1.165) is 12.1 Å². The third-order valence-corrected chi connectivity index (χ3v) is 4.09. The van der Waals surface area contributed by atoms with Gasteiger partial charge in [0.15, 0.2) is 0 Å². The van der Waals surface area contributed by atoms with Gasteiger partial charge in [0.2, 0.25) is 5.91 Å². The number of carbonyl (C=O) groups excluding carboxylic acids is 1. The molecule has 1 aromatic carbocycles. The van der Waals surface area contributed by atoms with Crippen molar-refractivity contribution in [2.45, 2.75) is 24.5 Å². The number of nitrogens with one attached hydrogen (secondary N) is 2. The second-order valence-corrected chi connectivity index (χ2v) is 5.63. The molecule has 0 aromatic heterocycles. The van der Waals surface area contributed by atoms with Gasteiger partial charge in [0.05, 0.1) is 12.5 Å². The Bertz CT molecular complexity index is 498. The van der Waals surface area contributed by atoms with E-state index in [4.69, 9.17) is 4.74 Å². The van der Waals surface area contributed by atoms with Crippen molar-refractivity contribution in [3.05, 3.63) is 35.4 Å². The summed E-state index contributed by atoms with van der Waals surface area (Å²) in [5.41, 5.74) is 1.34. The van der Waals surface area contributed by atoms with Gasteiger partial charge in [-0.25, -0.2) is 0 Å². The lowest BCUT2D eigenvalue weighted by Gasteiger charge is -2.27. The summed E-state index contributed by atoms with van der Waals surface area (Å²) in [6.07, 6.45) is 0.576. The Hall–Kier alpha value is -1.43. The zero-order valence-electron chi connectivity index (χ0n) is 11.4. The Labute approximate surface area is 118 Å². The maximum atomic E-state index is 12.4. The highest BCUT2D eigenvalue weighted by Gasteiger charge is 2.34. The van der Waals surface area contributed by atoms with E-state index in [-0.39, 0.29) is 18.4 Å². The molecule has 5 nitrogen and oxygen atoms in total. The van der Waals surface area contributed by atoms with E-state index >= 15 is 0 Å². The molecule has 0 spiro atoms. The Kier molecular flexibility index (Phi) is 3.74. The van der Waals surface area contributed by atoms with Crippen LogP contribution in [-0.4, -0.2) is 42.9 Å². The molecule has 0 aliphatic carbocycles. The van der Waals surface area contributed by atoms with Gasteiger partial charge in [0.1, 0.15) is 5.60 Å². The molecule has 2 aliphatic heterocycles. The first-order valence-corrected chi connectivity index (χ1v) is 7.04. The summed E-state index contributed by atoms with van der Waals surface area (Å²) in [7, 11) is 0. The van der Waals surface area contributed by atoms with E-state index in [1.807, 2.05) is 24.3 Å². The summed E-state index contributed by atoms with van der Waals surface area (Å²) in [6, 6.07) is 8.00. The molecule has 1 saturated heterocycles. The topological polar surface area (TPSA) is 70.6 Å². The third-order valence-electron chi connectivity index (χ3n) is 4.09. The Balaban J connectivity index is 1.66. The molecule has 3 N–H and O–H groups in total. The predicted molar refractivity (Wildman–Crippen MR) is 74.3 cm³/mol. The second-order valence-electron chi connectivity index (χ2n) is 5.63. The van der Waals surface area contributed by atoms with Crippen molar-refractivity contribution in [3.63, 3.8) is 0 Å². The van der Waals surface area contributed by atoms with Crippen molar-refractivity contribution in [3.8, 4) is 0 Å². The maximum Gasteiger partial charge on any atom is 0.228 e. The van der Waals surface area contributed by atoms with Crippen LogP contribution >= 0.6 is 0 Å². The fraction of sp³-hybridized carbons (Fsp3) is 0.533. The monoisotopic (exact) mass is 276 g/mol. The molecular weight excluding hydrogens is 256 g/mol. The lowest BCUT2D eigenvalue weighted by molar-refractivity contribution is -0.123. The van der Waals surface area contributed by atoms with Crippen molar-refractivity contribution in [2.75, 3.05) is 26.3 Å².